The molecule has 30 heavy (non-hydrogen) atoms. The van der Waals surface area contributed by atoms with Crippen molar-refractivity contribution < 1.29 is 9.32 Å². The van der Waals surface area contributed by atoms with Gasteiger partial charge in [0.15, 0.2) is 0 Å². The van der Waals surface area contributed by atoms with Crippen LogP contribution >= 0.6 is 11.6 Å². The van der Waals surface area contributed by atoms with Crippen LogP contribution in [-0.2, 0) is 4.79 Å². The molecule has 0 aliphatic carbocycles. The second kappa shape index (κ2) is 8.11. The van der Waals surface area contributed by atoms with Crippen LogP contribution in [0.3, 0.4) is 0 Å². The average Bonchev–Trinajstić information content (AvgIpc) is 3.42. The zero-order valence-electron chi connectivity index (χ0n) is 16.6. The molecule has 3 heterocycles. The van der Waals surface area contributed by atoms with Crippen molar-refractivity contribution in [3.63, 3.8) is 0 Å². The van der Waals surface area contributed by atoms with E-state index in [1.165, 1.54) is 24.9 Å². The molecule has 1 aromatic heterocycles. The maximum atomic E-state index is 12.5. The molecule has 0 spiro atoms. The number of anilines is 2. The molecule has 2 fully saturated rings. The Morgan fingerprint density at radius 1 is 1.00 bits per heavy atom. The fourth-order valence-electron chi connectivity index (χ4n) is 4.26. The summed E-state index contributed by atoms with van der Waals surface area (Å²) in [5.74, 6) is 0.977. The zero-order chi connectivity index (χ0) is 20.5. The molecule has 2 aliphatic heterocycles. The Balaban J connectivity index is 1.30. The molecular formula is C23H23ClN4O2. The van der Waals surface area contributed by atoms with Crippen LogP contribution in [0, 0.1) is 0 Å². The highest BCUT2D eigenvalue weighted by Gasteiger charge is 2.35. The first-order chi connectivity index (χ1) is 14.7. The van der Waals surface area contributed by atoms with Crippen LogP contribution in [0.4, 0.5) is 11.4 Å². The van der Waals surface area contributed by atoms with Gasteiger partial charge in [0.25, 0.3) is 0 Å². The van der Waals surface area contributed by atoms with E-state index in [0.29, 0.717) is 29.7 Å². The third kappa shape index (κ3) is 3.79. The van der Waals surface area contributed by atoms with Gasteiger partial charge in [-0.25, -0.2) is 0 Å². The standard InChI is InChI=1S/C23H23ClN4O2/c24-18-5-4-6-20(14-18)28-15-17(13-21(28)29)23-25-22(26-30-23)16-7-9-19(10-8-16)27-11-2-1-3-12-27/h4-10,14,17H,1-3,11-13,15H2/t17-/m0/s1. The van der Waals surface area contributed by atoms with Crippen LogP contribution in [0.1, 0.15) is 37.5 Å². The van der Waals surface area contributed by atoms with Gasteiger partial charge in [-0.15, -0.1) is 0 Å². The summed E-state index contributed by atoms with van der Waals surface area (Å²) >= 11 is 6.07. The van der Waals surface area contributed by atoms with Crippen molar-refractivity contribution in [1.29, 1.82) is 0 Å². The predicted octanol–water partition coefficient (Wildman–Crippen LogP) is 4.90. The van der Waals surface area contributed by atoms with Gasteiger partial charge in [-0.3, -0.25) is 4.79 Å². The van der Waals surface area contributed by atoms with Crippen LogP contribution in [0.25, 0.3) is 11.4 Å². The van der Waals surface area contributed by atoms with Gasteiger partial charge in [-0.1, -0.05) is 22.8 Å². The van der Waals surface area contributed by atoms with E-state index >= 15 is 0 Å². The first-order valence-corrected chi connectivity index (χ1v) is 10.8. The van der Waals surface area contributed by atoms with Crippen LogP contribution in [0.2, 0.25) is 5.02 Å². The van der Waals surface area contributed by atoms with Crippen molar-refractivity contribution in [3.05, 3.63) is 59.4 Å². The Morgan fingerprint density at radius 2 is 1.80 bits per heavy atom. The van der Waals surface area contributed by atoms with Crippen molar-refractivity contribution in [2.75, 3.05) is 29.4 Å². The van der Waals surface area contributed by atoms with E-state index in [-0.39, 0.29) is 11.8 Å². The number of hydrogen-bond donors (Lipinski definition) is 0. The fraction of sp³-hybridized carbons (Fsp3) is 0.348. The van der Waals surface area contributed by atoms with Gasteiger partial charge in [0.2, 0.25) is 17.6 Å². The maximum absolute atomic E-state index is 12.5. The monoisotopic (exact) mass is 422 g/mol. The molecule has 0 bridgehead atoms. The van der Waals surface area contributed by atoms with Crippen LogP contribution in [-0.4, -0.2) is 35.7 Å². The van der Waals surface area contributed by atoms with Crippen molar-refractivity contribution in [2.24, 2.45) is 0 Å². The van der Waals surface area contributed by atoms with E-state index in [4.69, 9.17) is 16.1 Å². The number of benzene rings is 2. The largest absolute Gasteiger partial charge is 0.372 e. The number of amides is 1. The predicted molar refractivity (Wildman–Crippen MR) is 117 cm³/mol. The number of carbonyl (C=O) groups excluding carboxylic acids is 1. The van der Waals surface area contributed by atoms with Crippen LogP contribution < -0.4 is 9.80 Å². The highest BCUT2D eigenvalue weighted by molar-refractivity contribution is 6.30. The summed E-state index contributed by atoms with van der Waals surface area (Å²) in [5, 5.41) is 4.77. The smallest absolute Gasteiger partial charge is 0.232 e. The Bertz CT molecular complexity index is 1040. The highest BCUT2D eigenvalue weighted by atomic mass is 35.5. The molecule has 154 valence electrons. The van der Waals surface area contributed by atoms with Crippen LogP contribution in [0.5, 0.6) is 0 Å². The molecule has 3 aromatic rings. The number of piperidine rings is 1. The third-order valence-corrected chi connectivity index (χ3v) is 6.12. The lowest BCUT2D eigenvalue weighted by Gasteiger charge is -2.28. The summed E-state index contributed by atoms with van der Waals surface area (Å²) in [6, 6.07) is 15.6. The quantitative estimate of drug-likeness (QED) is 0.598. The van der Waals surface area contributed by atoms with E-state index in [0.717, 1.165) is 24.3 Å². The first-order valence-electron chi connectivity index (χ1n) is 10.4. The molecule has 1 atom stereocenters. The SMILES string of the molecule is O=C1C[C@H](c2nc(-c3ccc(N4CCCCC4)cc3)no2)CN1c1cccc(Cl)c1. The van der Waals surface area contributed by atoms with Crippen molar-refractivity contribution >= 4 is 28.9 Å². The Morgan fingerprint density at radius 3 is 2.57 bits per heavy atom. The molecule has 2 aliphatic rings. The van der Waals surface area contributed by atoms with Gasteiger partial charge in [-0.2, -0.15) is 4.98 Å². The molecule has 5 rings (SSSR count). The van der Waals surface area contributed by atoms with Gasteiger partial charge >= 0.3 is 0 Å². The summed E-state index contributed by atoms with van der Waals surface area (Å²) in [4.78, 5) is 21.3. The Hall–Kier alpha value is -2.86. The lowest BCUT2D eigenvalue weighted by Crippen LogP contribution is -2.29. The fourth-order valence-corrected chi connectivity index (χ4v) is 4.44. The number of hydrogen-bond acceptors (Lipinski definition) is 5. The normalized spacial score (nSPS) is 19.5. The molecule has 0 saturated carbocycles. The molecule has 0 unspecified atom stereocenters. The minimum atomic E-state index is -0.120. The molecule has 0 radical (unpaired) electrons. The van der Waals surface area contributed by atoms with Gasteiger partial charge in [0.05, 0.1) is 5.92 Å². The summed E-state index contributed by atoms with van der Waals surface area (Å²) in [6.45, 7) is 2.74. The van der Waals surface area contributed by atoms with E-state index in [2.05, 4.69) is 27.2 Å². The zero-order valence-corrected chi connectivity index (χ0v) is 17.4. The lowest BCUT2D eigenvalue weighted by molar-refractivity contribution is -0.117. The number of halogens is 1. The van der Waals surface area contributed by atoms with E-state index in [9.17, 15) is 4.79 Å². The summed E-state index contributed by atoms with van der Waals surface area (Å²) < 4.78 is 5.53. The Kier molecular flexibility index (Phi) is 5.17. The minimum absolute atomic E-state index is 0.0351. The molecule has 6 nitrogen and oxygen atoms in total. The average molecular weight is 423 g/mol. The second-order valence-corrected chi connectivity index (χ2v) is 8.37. The molecule has 0 N–H and O–H groups in total. The van der Waals surface area contributed by atoms with Crippen molar-refractivity contribution in [1.82, 2.24) is 10.1 Å². The summed E-state index contributed by atoms with van der Waals surface area (Å²) in [5.41, 5.74) is 2.95. The maximum Gasteiger partial charge on any atom is 0.232 e. The third-order valence-electron chi connectivity index (χ3n) is 5.88. The van der Waals surface area contributed by atoms with Gasteiger partial charge in [0, 0.05) is 48.0 Å². The van der Waals surface area contributed by atoms with Crippen LogP contribution in [0.15, 0.2) is 53.1 Å². The Labute approximate surface area is 180 Å². The van der Waals surface area contributed by atoms with Gasteiger partial charge in [-0.05, 0) is 61.7 Å². The molecule has 2 saturated heterocycles. The number of rotatable bonds is 4. The topological polar surface area (TPSA) is 62.5 Å². The lowest BCUT2D eigenvalue weighted by atomic mass is 10.1. The van der Waals surface area contributed by atoms with Crippen molar-refractivity contribution in [2.45, 2.75) is 31.6 Å². The highest BCUT2D eigenvalue weighted by Crippen LogP contribution is 2.33. The number of aromatic nitrogens is 2. The summed E-state index contributed by atoms with van der Waals surface area (Å²) in [7, 11) is 0. The van der Waals surface area contributed by atoms with Gasteiger partial charge in [0.1, 0.15) is 0 Å². The first kappa shape index (κ1) is 19.1. The second-order valence-electron chi connectivity index (χ2n) is 7.94. The molecule has 1 amide bonds. The van der Waals surface area contributed by atoms with E-state index in [1.54, 1.807) is 17.0 Å². The minimum Gasteiger partial charge on any atom is -0.372 e. The van der Waals surface area contributed by atoms with Gasteiger partial charge < -0.3 is 14.3 Å². The van der Waals surface area contributed by atoms with Crippen molar-refractivity contribution in [3.8, 4) is 11.4 Å². The van der Waals surface area contributed by atoms with E-state index in [1.807, 2.05) is 24.3 Å². The molecular weight excluding hydrogens is 400 g/mol. The molecule has 2 aromatic carbocycles. The number of nitrogens with zero attached hydrogens (tertiary/aromatic N) is 4. The summed E-state index contributed by atoms with van der Waals surface area (Å²) in [6.07, 6.45) is 4.17. The van der Waals surface area contributed by atoms with E-state index < -0.39 is 0 Å². The molecule has 7 heteroatoms. The number of carbonyl (C=O) groups is 1.